The van der Waals surface area contributed by atoms with Crippen LogP contribution >= 0.6 is 0 Å². The molecule has 89 heavy (non-hydrogen) atoms. The summed E-state index contributed by atoms with van der Waals surface area (Å²) < 4.78 is 13.6. The molecule has 2 aromatic heterocycles. The number of likely N-dealkylation sites (tertiary alicyclic amines) is 1. The molecule has 0 saturated carbocycles. The minimum Gasteiger partial charge on any atom is -0.508 e. The zero-order valence-electron chi connectivity index (χ0n) is 50.4. The Bertz CT molecular complexity index is 3220. The highest BCUT2D eigenvalue weighted by atomic mass is 19.1. The molecule has 26 heteroatoms. The molecule has 3 aromatic carbocycles. The number of aromatic amines is 1. The number of nitrogens with one attached hydrogen (secondary N) is 9. The molecule has 1 saturated heterocycles. The van der Waals surface area contributed by atoms with Crippen molar-refractivity contribution in [1.82, 2.24) is 57.4 Å². The fraction of sp³-hybridized carbons (Fsp3) is 0.444. The van der Waals surface area contributed by atoms with Gasteiger partial charge in [0.15, 0.2) is 5.96 Å². The predicted octanol–water partition coefficient (Wildman–Crippen LogP) is 1.55. The predicted molar refractivity (Wildman–Crippen MR) is 330 cm³/mol. The summed E-state index contributed by atoms with van der Waals surface area (Å²) >= 11 is 0. The highest BCUT2D eigenvalue weighted by molar-refractivity contribution is 5.98. The first-order chi connectivity index (χ1) is 42.7. The van der Waals surface area contributed by atoms with Crippen molar-refractivity contribution >= 4 is 70.0 Å². The molecule has 478 valence electrons. The summed E-state index contributed by atoms with van der Waals surface area (Å²) in [4.78, 5) is 139. The van der Waals surface area contributed by atoms with E-state index in [-0.39, 0.29) is 107 Å². The molecule has 0 aliphatic carbocycles. The van der Waals surface area contributed by atoms with Crippen molar-refractivity contribution < 1.29 is 57.8 Å². The van der Waals surface area contributed by atoms with Crippen LogP contribution in [-0.2, 0) is 57.6 Å². The van der Waals surface area contributed by atoms with Crippen molar-refractivity contribution in [1.29, 1.82) is 0 Å². The minimum atomic E-state index is -1.71. The number of para-hydroxylation sites is 1. The topological polar surface area (TPSA) is 387 Å². The van der Waals surface area contributed by atoms with Crippen molar-refractivity contribution in [2.75, 3.05) is 32.8 Å². The lowest BCUT2D eigenvalue weighted by molar-refractivity contribution is -0.142. The number of aryl methyl sites for hydroxylation is 1. The number of benzene rings is 3. The number of pyridine rings is 1. The highest BCUT2D eigenvalue weighted by Crippen LogP contribution is 2.22. The smallest absolute Gasteiger partial charge is 0.252 e. The number of phenols is 1. The average Bonchev–Trinajstić information content (AvgIpc) is 2.13. The van der Waals surface area contributed by atoms with Gasteiger partial charge in [-0.15, -0.1) is 0 Å². The molecular formula is C63H83FN14O11. The van der Waals surface area contributed by atoms with Gasteiger partial charge in [0, 0.05) is 74.9 Å². The van der Waals surface area contributed by atoms with Gasteiger partial charge in [-0.05, 0) is 130 Å². The second-order valence-corrected chi connectivity index (χ2v) is 22.3. The van der Waals surface area contributed by atoms with Crippen LogP contribution in [0.25, 0.3) is 10.9 Å². The van der Waals surface area contributed by atoms with E-state index in [1.165, 1.54) is 53.7 Å². The minimum absolute atomic E-state index is 0.0541. The summed E-state index contributed by atoms with van der Waals surface area (Å²) in [5.41, 5.74) is 14.0. The molecule has 15 N–H and O–H groups in total. The highest BCUT2D eigenvalue weighted by Gasteiger charge is 2.39. The number of aliphatic hydroxyl groups excluding tert-OH is 1. The monoisotopic (exact) mass is 1230 g/mol. The first-order valence-corrected chi connectivity index (χ1v) is 30.0. The number of nitrogens with zero attached hydrogens (tertiary/aromatic N) is 3. The Morgan fingerprint density at radius 1 is 0.719 bits per heavy atom. The molecule has 0 unspecified atom stereocenters. The van der Waals surface area contributed by atoms with E-state index in [4.69, 9.17) is 11.5 Å². The quantitative estimate of drug-likeness (QED) is 0.0158. The van der Waals surface area contributed by atoms with Crippen molar-refractivity contribution in [2.24, 2.45) is 22.4 Å². The maximum atomic E-state index is 14.8. The fourth-order valence-corrected chi connectivity index (χ4v) is 10.3. The van der Waals surface area contributed by atoms with E-state index in [1.54, 1.807) is 37.4 Å². The van der Waals surface area contributed by atoms with Crippen LogP contribution in [0.1, 0.15) is 106 Å². The van der Waals surface area contributed by atoms with Crippen molar-refractivity contribution in [2.45, 2.75) is 140 Å². The van der Waals surface area contributed by atoms with E-state index in [0.717, 1.165) is 10.9 Å². The molecule has 5 aromatic rings. The normalized spacial score (nSPS) is 14.9. The maximum absolute atomic E-state index is 14.8. The number of halogens is 1. The van der Waals surface area contributed by atoms with Crippen LogP contribution in [0.2, 0.25) is 0 Å². The Kier molecular flexibility index (Phi) is 26.8. The number of aromatic hydroxyl groups is 1. The van der Waals surface area contributed by atoms with Crippen molar-refractivity contribution in [3.05, 3.63) is 132 Å². The van der Waals surface area contributed by atoms with Crippen LogP contribution in [0.3, 0.4) is 0 Å². The van der Waals surface area contributed by atoms with E-state index in [1.807, 2.05) is 38.1 Å². The largest absolute Gasteiger partial charge is 0.508 e. The van der Waals surface area contributed by atoms with Crippen LogP contribution in [0, 0.1) is 11.7 Å². The lowest BCUT2D eigenvalue weighted by Gasteiger charge is -2.30. The third-order valence-corrected chi connectivity index (χ3v) is 15.0. The summed E-state index contributed by atoms with van der Waals surface area (Å²) in [7, 11) is 0. The van der Waals surface area contributed by atoms with Gasteiger partial charge in [-0.3, -0.25) is 53.1 Å². The molecular weight excluding hydrogens is 1150 g/mol. The summed E-state index contributed by atoms with van der Waals surface area (Å²) in [6.45, 7) is 5.32. The lowest BCUT2D eigenvalue weighted by Crippen LogP contribution is -2.61. The number of fused-ring (bicyclic) bond motifs is 1. The number of likely N-dealkylation sites (N-methyl/N-ethyl adjacent to an activating group) is 1. The van der Waals surface area contributed by atoms with Gasteiger partial charge >= 0.3 is 0 Å². The van der Waals surface area contributed by atoms with E-state index in [9.17, 15) is 57.8 Å². The second kappa shape index (κ2) is 34.8. The number of rotatable bonds is 34. The number of guanidine groups is 1. The zero-order chi connectivity index (χ0) is 64.4. The van der Waals surface area contributed by atoms with Crippen LogP contribution in [-0.4, -0.2) is 159 Å². The number of carbonyl (C=O) groups is 9. The third-order valence-electron chi connectivity index (χ3n) is 15.0. The van der Waals surface area contributed by atoms with Gasteiger partial charge in [0.2, 0.25) is 47.3 Å². The number of hydrogen-bond donors (Lipinski definition) is 13. The van der Waals surface area contributed by atoms with E-state index in [2.05, 4.69) is 57.5 Å². The number of amides is 9. The Hall–Kier alpha value is -9.46. The molecule has 25 nitrogen and oxygen atoms in total. The summed E-state index contributed by atoms with van der Waals surface area (Å²) in [6, 6.07) is 12.7. The fourth-order valence-electron chi connectivity index (χ4n) is 10.3. The second-order valence-electron chi connectivity index (χ2n) is 22.3. The van der Waals surface area contributed by atoms with Crippen LogP contribution < -0.4 is 54.0 Å². The number of aliphatic imine (C=N–C) groups is 1. The summed E-state index contributed by atoms with van der Waals surface area (Å²) in [6.07, 6.45) is 6.26. The maximum Gasteiger partial charge on any atom is 0.252 e. The number of unbranched alkanes of at least 4 members (excludes halogenated alkanes) is 1. The Balaban J connectivity index is 1.24. The van der Waals surface area contributed by atoms with Gasteiger partial charge in [-0.25, -0.2) is 4.39 Å². The number of aliphatic hydroxyl groups is 1. The average molecular weight is 1230 g/mol. The van der Waals surface area contributed by atoms with E-state index in [0.29, 0.717) is 48.1 Å². The van der Waals surface area contributed by atoms with Gasteiger partial charge in [0.25, 0.3) is 5.91 Å². The van der Waals surface area contributed by atoms with Gasteiger partial charge in [-0.2, -0.15) is 0 Å². The SMILES string of the molecule is CCNC(=O)[C@@H]1CCCN1C(=O)[C@H](CCCN=C(N)N)NC(=O)[C@H](CC(C)C)NC(=O)[C@@H](CCCCNC(=O)c1cccnc1)NC(=O)[C@H](Cc1ccc(O)cc1)NC(=O)[C@H](CO)NC(=O)[C@H](Cc1c[nH]c2ccccc12)NC(=O)CCc1ccc(F)cc1. The standard InChI is InChI=1S/C63H83FN14O11/c1-4-68-61(88)53-17-11-31-78(53)62(89)48(16-10-30-70-63(65)66)74-57(84)49(32-38(2)3)75-56(83)47(15-7-8-29-69-55(82)41-12-9-28-67-35-41)73-58(85)50(33-40-20-25-44(80)26-21-40)76-60(87)52(37-79)77-59(86)51(34-42-36-71-46-14-6-5-13-45(42)46)72-54(81)27-22-39-18-23-43(64)24-19-39/h5-6,9,12-14,18-21,23-26,28,35-36,38,47-53,71,79-80H,4,7-8,10-11,15-17,22,27,29-34,37H2,1-3H3,(H,68,88)(H,69,82)(H,72,81)(H,73,85)(H,74,84)(H,75,83)(H,76,87)(H,77,86)(H4,65,66,70)/t47-,48+,49+,50+,51+,52+,53+/m1/s1. The molecule has 3 heterocycles. The molecule has 0 radical (unpaired) electrons. The first-order valence-electron chi connectivity index (χ1n) is 30.0. The zero-order valence-corrected chi connectivity index (χ0v) is 50.4. The van der Waals surface area contributed by atoms with E-state index >= 15 is 0 Å². The van der Waals surface area contributed by atoms with Gasteiger partial charge in [0.05, 0.1) is 12.2 Å². The molecule has 7 atom stereocenters. The van der Waals surface area contributed by atoms with Gasteiger partial charge in [0.1, 0.15) is 53.9 Å². The number of phenolic OH excluding ortho intramolecular Hbond substituents is 1. The summed E-state index contributed by atoms with van der Waals surface area (Å²) in [5.74, 6) is -7.02. The van der Waals surface area contributed by atoms with Crippen molar-refractivity contribution in [3.8, 4) is 5.75 Å². The number of H-pyrrole nitrogens is 1. The first kappa shape index (κ1) is 68.7. The van der Waals surface area contributed by atoms with Gasteiger partial charge in [-0.1, -0.05) is 56.3 Å². The molecule has 0 bridgehead atoms. The molecule has 6 rings (SSSR count). The number of hydrogen-bond acceptors (Lipinski definition) is 13. The number of aromatic nitrogens is 2. The Morgan fingerprint density at radius 2 is 1.35 bits per heavy atom. The molecule has 1 fully saturated rings. The molecule has 1 aliphatic rings. The molecule has 1 aliphatic heterocycles. The lowest BCUT2D eigenvalue weighted by atomic mass is 10.00. The van der Waals surface area contributed by atoms with Gasteiger partial charge < -0.3 is 74.1 Å². The van der Waals surface area contributed by atoms with Crippen LogP contribution in [0.4, 0.5) is 4.39 Å². The summed E-state index contributed by atoms with van der Waals surface area (Å²) in [5, 5.41) is 43.5. The van der Waals surface area contributed by atoms with Crippen molar-refractivity contribution in [3.63, 3.8) is 0 Å². The van der Waals surface area contributed by atoms with E-state index < -0.39 is 96.1 Å². The molecule has 9 amide bonds. The Labute approximate surface area is 516 Å². The van der Waals surface area contributed by atoms with Crippen LogP contribution in [0.5, 0.6) is 5.75 Å². The molecule has 0 spiro atoms. The van der Waals surface area contributed by atoms with Crippen LogP contribution in [0.15, 0.2) is 109 Å². The number of carbonyl (C=O) groups excluding carboxylic acids is 9. The third kappa shape index (κ3) is 21.7. The Morgan fingerprint density at radius 3 is 2.03 bits per heavy atom. The number of nitrogens with two attached hydrogens (primary N) is 2.